The Morgan fingerprint density at radius 2 is 1.62 bits per heavy atom. The van der Waals surface area contributed by atoms with Gasteiger partial charge in [-0.15, -0.1) is 0 Å². The zero-order valence-electron chi connectivity index (χ0n) is 6.44. The lowest BCUT2D eigenvalue weighted by Crippen LogP contribution is -1.88. The van der Waals surface area contributed by atoms with Crippen LogP contribution in [0.15, 0.2) is 30.3 Å². The summed E-state index contributed by atoms with van der Waals surface area (Å²) in [6.45, 7) is 0. The van der Waals surface area contributed by atoms with E-state index in [-0.39, 0.29) is 0 Å². The molecule has 7 heteroatoms. The van der Waals surface area contributed by atoms with Gasteiger partial charge in [0.15, 0.2) is 0 Å². The molecule has 1 unspecified atom stereocenters. The Kier molecular flexibility index (Phi) is 4.53. The lowest BCUT2D eigenvalue weighted by Gasteiger charge is -2.10. The van der Waals surface area contributed by atoms with Crippen LogP contribution in [0.25, 0.3) is 0 Å². The van der Waals surface area contributed by atoms with Gasteiger partial charge in [0, 0.05) is 0 Å². The molecule has 1 rings (SSSR count). The average molecular weight is 222 g/mol. The van der Waals surface area contributed by atoms with Gasteiger partial charge in [0.25, 0.3) is 0 Å². The van der Waals surface area contributed by atoms with Gasteiger partial charge in [-0.3, -0.25) is 0 Å². The summed E-state index contributed by atoms with van der Waals surface area (Å²) in [7, 11) is -4.85. The van der Waals surface area contributed by atoms with Crippen molar-refractivity contribution < 1.29 is 23.5 Å². The molecule has 0 aliphatic heterocycles. The fourth-order valence-electron chi connectivity index (χ4n) is 0.651. The Labute approximate surface area is 77.6 Å². The zero-order chi connectivity index (χ0) is 9.68. The normalized spacial score (nSPS) is 12.9. The Hall–Kier alpha value is -0.280. The standard InChI is InChI=1S/C6H8O5P2/c7-12(8)11-13(9)10-6-4-2-1-3-5-6/h1-5,7-9H. The Morgan fingerprint density at radius 3 is 2.15 bits per heavy atom. The third-order valence-corrected chi connectivity index (χ3v) is 2.58. The van der Waals surface area contributed by atoms with Crippen LogP contribution in [0.1, 0.15) is 0 Å². The SMILES string of the molecule is OP(O)OP(O)Oc1ccccc1. The van der Waals surface area contributed by atoms with E-state index in [0.717, 1.165) is 0 Å². The van der Waals surface area contributed by atoms with Crippen molar-refractivity contribution in [2.75, 3.05) is 0 Å². The predicted octanol–water partition coefficient (Wildman–Crippen LogP) is 1.51. The van der Waals surface area contributed by atoms with E-state index in [1.54, 1.807) is 30.3 Å². The largest absolute Gasteiger partial charge is 0.427 e. The van der Waals surface area contributed by atoms with Gasteiger partial charge in [-0.25, -0.2) is 4.31 Å². The van der Waals surface area contributed by atoms with E-state index < -0.39 is 17.2 Å². The van der Waals surface area contributed by atoms with Gasteiger partial charge in [0.05, 0.1) is 0 Å². The molecule has 72 valence electrons. The Morgan fingerprint density at radius 1 is 1.00 bits per heavy atom. The summed E-state index contributed by atoms with van der Waals surface area (Å²) >= 11 is 0. The number of para-hydroxylation sites is 1. The molecule has 1 aromatic carbocycles. The predicted molar refractivity (Wildman–Crippen MR) is 48.7 cm³/mol. The van der Waals surface area contributed by atoms with Gasteiger partial charge in [0.1, 0.15) is 5.75 Å². The fraction of sp³-hybridized carbons (Fsp3) is 0. The number of hydrogen-bond donors (Lipinski definition) is 3. The van der Waals surface area contributed by atoms with Crippen molar-refractivity contribution in [1.82, 2.24) is 0 Å². The molecule has 0 heterocycles. The van der Waals surface area contributed by atoms with E-state index in [1.165, 1.54) is 0 Å². The maximum atomic E-state index is 8.99. The first kappa shape index (κ1) is 10.8. The maximum absolute atomic E-state index is 8.99. The maximum Gasteiger partial charge on any atom is 0.401 e. The molecule has 0 aliphatic rings. The first-order valence-electron chi connectivity index (χ1n) is 3.26. The lowest BCUT2D eigenvalue weighted by atomic mass is 10.3. The molecule has 0 saturated heterocycles. The molecule has 0 saturated carbocycles. The molecule has 0 fully saturated rings. The van der Waals surface area contributed by atoms with Gasteiger partial charge < -0.3 is 19.2 Å². The van der Waals surface area contributed by atoms with Gasteiger partial charge in [-0.1, -0.05) is 18.2 Å². The Balaban J connectivity index is 2.41. The molecule has 13 heavy (non-hydrogen) atoms. The fourth-order valence-corrected chi connectivity index (χ4v) is 1.59. The highest BCUT2D eigenvalue weighted by atomic mass is 31.2. The molecule has 0 bridgehead atoms. The average Bonchev–Trinajstić information content (AvgIpc) is 2.04. The second kappa shape index (κ2) is 5.45. The summed E-state index contributed by atoms with van der Waals surface area (Å²) in [5, 5.41) is 0. The number of benzene rings is 1. The first-order chi connectivity index (χ1) is 6.18. The first-order valence-corrected chi connectivity index (χ1v) is 5.56. The van der Waals surface area contributed by atoms with Gasteiger partial charge in [-0.2, -0.15) is 0 Å². The minimum Gasteiger partial charge on any atom is -0.427 e. The van der Waals surface area contributed by atoms with Crippen molar-refractivity contribution >= 4 is 17.2 Å². The van der Waals surface area contributed by atoms with Gasteiger partial charge in [0.2, 0.25) is 0 Å². The summed E-state index contributed by atoms with van der Waals surface area (Å²) in [5.41, 5.74) is 0. The molecule has 0 spiro atoms. The summed E-state index contributed by atoms with van der Waals surface area (Å²) in [6.07, 6.45) is 0. The molecule has 1 atom stereocenters. The van der Waals surface area contributed by atoms with Crippen molar-refractivity contribution in [3.05, 3.63) is 30.3 Å². The monoisotopic (exact) mass is 222 g/mol. The molecule has 0 amide bonds. The van der Waals surface area contributed by atoms with Crippen LogP contribution in [-0.2, 0) is 4.31 Å². The van der Waals surface area contributed by atoms with Crippen molar-refractivity contribution in [1.29, 1.82) is 0 Å². The van der Waals surface area contributed by atoms with E-state index in [0.29, 0.717) is 5.75 Å². The molecule has 0 radical (unpaired) electrons. The van der Waals surface area contributed by atoms with E-state index >= 15 is 0 Å². The van der Waals surface area contributed by atoms with Crippen LogP contribution in [0.5, 0.6) is 5.75 Å². The number of rotatable bonds is 4. The van der Waals surface area contributed by atoms with Crippen LogP contribution in [0.4, 0.5) is 0 Å². The molecule has 1 aromatic rings. The molecule has 0 aromatic heterocycles. The highest BCUT2D eigenvalue weighted by Gasteiger charge is 2.14. The molecule has 3 N–H and O–H groups in total. The number of hydrogen-bond acceptors (Lipinski definition) is 5. The van der Waals surface area contributed by atoms with Gasteiger partial charge in [-0.05, 0) is 12.1 Å². The van der Waals surface area contributed by atoms with Crippen LogP contribution >= 0.6 is 17.2 Å². The second-order valence-corrected chi connectivity index (χ2v) is 3.79. The van der Waals surface area contributed by atoms with Crippen LogP contribution in [0.3, 0.4) is 0 Å². The lowest BCUT2D eigenvalue weighted by molar-refractivity contribution is 0.329. The third-order valence-electron chi connectivity index (χ3n) is 1.07. The minimum absolute atomic E-state index is 0.410. The second-order valence-electron chi connectivity index (χ2n) is 1.98. The van der Waals surface area contributed by atoms with E-state index in [4.69, 9.17) is 19.2 Å². The van der Waals surface area contributed by atoms with E-state index in [2.05, 4.69) is 4.31 Å². The smallest absolute Gasteiger partial charge is 0.401 e. The van der Waals surface area contributed by atoms with E-state index in [1.807, 2.05) is 0 Å². The third kappa shape index (κ3) is 4.48. The van der Waals surface area contributed by atoms with Crippen LogP contribution in [0.2, 0.25) is 0 Å². The van der Waals surface area contributed by atoms with E-state index in [9.17, 15) is 0 Å². The zero-order valence-corrected chi connectivity index (χ0v) is 8.23. The van der Waals surface area contributed by atoms with Gasteiger partial charge >= 0.3 is 17.2 Å². The van der Waals surface area contributed by atoms with Crippen molar-refractivity contribution in [2.45, 2.75) is 0 Å². The summed E-state index contributed by atoms with van der Waals surface area (Å²) in [5.74, 6) is 0.410. The van der Waals surface area contributed by atoms with Crippen LogP contribution in [-0.4, -0.2) is 14.7 Å². The summed E-state index contributed by atoms with van der Waals surface area (Å²) in [6, 6.07) is 8.47. The minimum atomic E-state index is -2.58. The molecule has 0 aliphatic carbocycles. The summed E-state index contributed by atoms with van der Waals surface area (Å²) < 4.78 is 9.05. The topological polar surface area (TPSA) is 79.2 Å². The van der Waals surface area contributed by atoms with Crippen LogP contribution < -0.4 is 4.52 Å². The van der Waals surface area contributed by atoms with Crippen molar-refractivity contribution in [2.24, 2.45) is 0 Å². The summed E-state index contributed by atoms with van der Waals surface area (Å²) in [4.78, 5) is 25.7. The molecular formula is C6H8O5P2. The Bertz CT molecular complexity index is 242. The highest BCUT2D eigenvalue weighted by molar-refractivity contribution is 7.54. The highest BCUT2D eigenvalue weighted by Crippen LogP contribution is 2.46. The van der Waals surface area contributed by atoms with Crippen LogP contribution in [0, 0.1) is 0 Å². The van der Waals surface area contributed by atoms with Crippen molar-refractivity contribution in [3.63, 3.8) is 0 Å². The molecular weight excluding hydrogens is 214 g/mol. The van der Waals surface area contributed by atoms with Crippen molar-refractivity contribution in [3.8, 4) is 5.75 Å². The molecule has 5 nitrogen and oxygen atoms in total. The quantitative estimate of drug-likeness (QED) is 0.673.